The van der Waals surface area contributed by atoms with Crippen LogP contribution in [0.15, 0.2) is 60.7 Å². The summed E-state index contributed by atoms with van der Waals surface area (Å²) in [6, 6.07) is 22.4. The number of nitrogens with one attached hydrogen (secondary N) is 1. The second-order valence-electron chi connectivity index (χ2n) is 9.63. The molecule has 186 valence electrons. The summed E-state index contributed by atoms with van der Waals surface area (Å²) in [5.74, 6) is 0. The van der Waals surface area contributed by atoms with Crippen molar-refractivity contribution < 1.29 is 0 Å². The molecule has 33 heavy (non-hydrogen) atoms. The Morgan fingerprint density at radius 3 is 1.27 bits per heavy atom. The summed E-state index contributed by atoms with van der Waals surface area (Å²) >= 11 is 0. The first kappa shape index (κ1) is 29.9. The number of halogens is 1. The number of hydrogen-bond acceptors (Lipinski definition) is 1. The molecule has 1 nitrogen and oxygen atoms in total. The SMILES string of the molecule is Br.CCCCCCCCCCCCCCCCNC(Cc1ccccc1)Cc1ccccc1. The molecule has 0 atom stereocenters. The fourth-order valence-electron chi connectivity index (χ4n) is 4.64. The lowest BCUT2D eigenvalue weighted by Gasteiger charge is -2.19. The van der Waals surface area contributed by atoms with Crippen LogP contribution in [-0.2, 0) is 12.8 Å². The van der Waals surface area contributed by atoms with Gasteiger partial charge in [0.15, 0.2) is 0 Å². The molecule has 0 amide bonds. The van der Waals surface area contributed by atoms with Crippen molar-refractivity contribution in [1.82, 2.24) is 5.32 Å². The Morgan fingerprint density at radius 2 is 0.879 bits per heavy atom. The first-order chi connectivity index (χ1) is 15.9. The maximum absolute atomic E-state index is 3.86. The largest absolute Gasteiger partial charge is 0.313 e. The first-order valence-electron chi connectivity index (χ1n) is 13.7. The molecule has 2 rings (SSSR count). The van der Waals surface area contributed by atoms with Crippen LogP contribution in [0, 0.1) is 0 Å². The molecule has 2 aromatic carbocycles. The quantitative estimate of drug-likeness (QED) is 0.173. The average molecular weight is 517 g/mol. The third kappa shape index (κ3) is 16.2. The summed E-state index contributed by atoms with van der Waals surface area (Å²) in [6.45, 7) is 3.44. The number of rotatable bonds is 20. The maximum atomic E-state index is 3.86. The third-order valence-corrected chi connectivity index (χ3v) is 6.61. The van der Waals surface area contributed by atoms with Crippen LogP contribution in [0.4, 0.5) is 0 Å². The van der Waals surface area contributed by atoms with Crippen molar-refractivity contribution in [1.29, 1.82) is 0 Å². The molecule has 0 radical (unpaired) electrons. The highest BCUT2D eigenvalue weighted by Gasteiger charge is 2.10. The molecule has 1 N–H and O–H groups in total. The van der Waals surface area contributed by atoms with E-state index in [9.17, 15) is 0 Å². The molecule has 0 bridgehead atoms. The van der Waals surface area contributed by atoms with Crippen molar-refractivity contribution in [3.63, 3.8) is 0 Å². The first-order valence-corrected chi connectivity index (χ1v) is 13.7. The average Bonchev–Trinajstić information content (AvgIpc) is 2.83. The zero-order chi connectivity index (χ0) is 22.5. The molecule has 2 heteroatoms. The summed E-state index contributed by atoms with van der Waals surface area (Å²) in [4.78, 5) is 0. The van der Waals surface area contributed by atoms with Crippen LogP contribution in [0.5, 0.6) is 0 Å². The fraction of sp³-hybridized carbons (Fsp3) is 0.613. The minimum Gasteiger partial charge on any atom is -0.313 e. The Morgan fingerprint density at radius 1 is 0.515 bits per heavy atom. The van der Waals surface area contributed by atoms with Gasteiger partial charge in [0, 0.05) is 6.04 Å². The fourth-order valence-corrected chi connectivity index (χ4v) is 4.64. The minimum absolute atomic E-state index is 0. The topological polar surface area (TPSA) is 12.0 Å². The highest BCUT2D eigenvalue weighted by Crippen LogP contribution is 2.13. The summed E-state index contributed by atoms with van der Waals surface area (Å²) in [6.07, 6.45) is 22.1. The van der Waals surface area contributed by atoms with E-state index in [1.807, 2.05) is 0 Å². The highest BCUT2D eigenvalue weighted by atomic mass is 79.9. The predicted molar refractivity (Wildman–Crippen MR) is 153 cm³/mol. The Balaban J connectivity index is 0.00000544. The second kappa shape index (κ2) is 21.4. The van der Waals surface area contributed by atoms with E-state index >= 15 is 0 Å². The summed E-state index contributed by atoms with van der Waals surface area (Å²) < 4.78 is 0. The number of benzene rings is 2. The Bertz CT molecular complexity index is 601. The molecule has 2 aromatic rings. The van der Waals surface area contributed by atoms with Gasteiger partial charge in [-0.2, -0.15) is 0 Å². The molecule has 0 aliphatic carbocycles. The second-order valence-corrected chi connectivity index (χ2v) is 9.63. The van der Waals surface area contributed by atoms with Crippen molar-refractivity contribution >= 4 is 17.0 Å². The minimum atomic E-state index is 0. The predicted octanol–water partition coefficient (Wildman–Crippen LogP) is 9.49. The number of hydrogen-bond donors (Lipinski definition) is 1. The highest BCUT2D eigenvalue weighted by molar-refractivity contribution is 8.93. The molecule has 0 aliphatic heterocycles. The van der Waals surface area contributed by atoms with Crippen LogP contribution < -0.4 is 5.32 Å². The van der Waals surface area contributed by atoms with Crippen molar-refractivity contribution in [2.45, 2.75) is 116 Å². The summed E-state index contributed by atoms with van der Waals surface area (Å²) in [7, 11) is 0. The standard InChI is InChI=1S/C31H49N.BrH/c1-2-3-4-5-6-7-8-9-10-11-12-13-14-21-26-32-31(27-29-22-17-15-18-23-29)28-30-24-19-16-20-25-30;/h15-20,22-25,31-32H,2-14,21,26-28H2,1H3;1H. The molecule has 0 fully saturated rings. The van der Waals surface area contributed by atoms with Gasteiger partial charge in [0.25, 0.3) is 0 Å². The molecule has 0 unspecified atom stereocenters. The van der Waals surface area contributed by atoms with E-state index in [0.717, 1.165) is 19.4 Å². The van der Waals surface area contributed by atoms with Gasteiger partial charge in [-0.15, -0.1) is 17.0 Å². The van der Waals surface area contributed by atoms with Gasteiger partial charge in [-0.1, -0.05) is 151 Å². The summed E-state index contributed by atoms with van der Waals surface area (Å²) in [5, 5.41) is 3.86. The molecule has 0 spiro atoms. The van der Waals surface area contributed by atoms with E-state index < -0.39 is 0 Å². The molecule has 0 aromatic heterocycles. The molecule has 0 saturated carbocycles. The van der Waals surface area contributed by atoms with Crippen LogP contribution in [0.3, 0.4) is 0 Å². The lowest BCUT2D eigenvalue weighted by atomic mass is 9.98. The molecular formula is C31H50BrN. The monoisotopic (exact) mass is 515 g/mol. The van der Waals surface area contributed by atoms with Gasteiger partial charge in [0.2, 0.25) is 0 Å². The lowest BCUT2D eigenvalue weighted by Crippen LogP contribution is -2.34. The zero-order valence-electron chi connectivity index (χ0n) is 21.3. The number of unbranched alkanes of at least 4 members (excludes halogenated alkanes) is 13. The van der Waals surface area contributed by atoms with Gasteiger partial charge < -0.3 is 5.32 Å². The maximum Gasteiger partial charge on any atom is 0.0148 e. The van der Waals surface area contributed by atoms with Crippen LogP contribution in [0.25, 0.3) is 0 Å². The van der Waals surface area contributed by atoms with Crippen LogP contribution in [0.1, 0.15) is 108 Å². The molecule has 0 heterocycles. The van der Waals surface area contributed by atoms with Crippen LogP contribution in [-0.4, -0.2) is 12.6 Å². The summed E-state index contributed by atoms with van der Waals surface area (Å²) in [5.41, 5.74) is 2.86. The van der Waals surface area contributed by atoms with Crippen molar-refractivity contribution in [2.24, 2.45) is 0 Å². The van der Waals surface area contributed by atoms with Gasteiger partial charge in [-0.3, -0.25) is 0 Å². The van der Waals surface area contributed by atoms with Crippen molar-refractivity contribution in [3.8, 4) is 0 Å². The normalized spacial score (nSPS) is 11.0. The van der Waals surface area contributed by atoms with E-state index in [0.29, 0.717) is 6.04 Å². The Hall–Kier alpha value is -1.12. The van der Waals surface area contributed by atoms with Gasteiger partial charge >= 0.3 is 0 Å². The van der Waals surface area contributed by atoms with E-state index in [1.54, 1.807) is 0 Å². The van der Waals surface area contributed by atoms with Crippen molar-refractivity contribution in [2.75, 3.05) is 6.54 Å². The third-order valence-electron chi connectivity index (χ3n) is 6.61. The smallest absolute Gasteiger partial charge is 0.0148 e. The Labute approximate surface area is 215 Å². The van der Waals surface area contributed by atoms with Gasteiger partial charge in [-0.05, 0) is 36.9 Å². The van der Waals surface area contributed by atoms with Crippen molar-refractivity contribution in [3.05, 3.63) is 71.8 Å². The zero-order valence-corrected chi connectivity index (χ0v) is 23.0. The molecular weight excluding hydrogens is 466 g/mol. The van der Waals surface area contributed by atoms with Crippen LogP contribution >= 0.6 is 17.0 Å². The van der Waals surface area contributed by atoms with E-state index in [2.05, 4.69) is 72.9 Å². The van der Waals surface area contributed by atoms with Crippen LogP contribution in [0.2, 0.25) is 0 Å². The Kier molecular flexibility index (Phi) is 19.4. The molecule has 0 aliphatic rings. The van der Waals surface area contributed by atoms with Gasteiger partial charge in [-0.25, -0.2) is 0 Å². The van der Waals surface area contributed by atoms with E-state index in [4.69, 9.17) is 0 Å². The van der Waals surface area contributed by atoms with Gasteiger partial charge in [0.05, 0.1) is 0 Å². The molecule has 0 saturated heterocycles. The van der Waals surface area contributed by atoms with E-state index in [-0.39, 0.29) is 17.0 Å². The van der Waals surface area contributed by atoms with E-state index in [1.165, 1.54) is 101 Å². The lowest BCUT2D eigenvalue weighted by molar-refractivity contribution is 0.480. The van der Waals surface area contributed by atoms with Gasteiger partial charge in [0.1, 0.15) is 0 Å².